The largest absolute Gasteiger partial charge is 0.488 e. The maximum absolute atomic E-state index is 10.8. The van der Waals surface area contributed by atoms with Gasteiger partial charge >= 0.3 is 6.09 Å². The van der Waals surface area contributed by atoms with Crippen molar-refractivity contribution < 1.29 is 19.4 Å². The second-order valence-corrected chi connectivity index (χ2v) is 2.99. The molecule has 0 radical (unpaired) electrons. The Morgan fingerprint density at radius 2 is 2.47 bits per heavy atom. The molecule has 0 aliphatic carbocycles. The number of rotatable bonds is 1. The minimum absolute atomic E-state index is 0.236. The number of aldehydes is 1. The van der Waals surface area contributed by atoms with Gasteiger partial charge in [0, 0.05) is 11.8 Å². The highest BCUT2D eigenvalue weighted by atomic mass is 16.5. The van der Waals surface area contributed by atoms with Crippen LogP contribution < -0.4 is 9.64 Å². The average Bonchev–Trinajstić information content (AvgIpc) is 2.27. The van der Waals surface area contributed by atoms with E-state index in [9.17, 15) is 9.59 Å². The van der Waals surface area contributed by atoms with Crippen molar-refractivity contribution in [2.45, 2.75) is 0 Å². The van der Waals surface area contributed by atoms with Gasteiger partial charge in [-0.3, -0.25) is 9.69 Å². The molecule has 1 aromatic heterocycles. The van der Waals surface area contributed by atoms with E-state index in [-0.39, 0.29) is 19.0 Å². The lowest BCUT2D eigenvalue weighted by Crippen LogP contribution is -2.37. The van der Waals surface area contributed by atoms with Crippen LogP contribution in [0.25, 0.3) is 0 Å². The highest BCUT2D eigenvalue weighted by molar-refractivity contribution is 5.88. The van der Waals surface area contributed by atoms with Gasteiger partial charge in [0.15, 0.2) is 17.9 Å². The van der Waals surface area contributed by atoms with Crippen molar-refractivity contribution in [2.24, 2.45) is 0 Å². The van der Waals surface area contributed by atoms with Gasteiger partial charge in [0.2, 0.25) is 0 Å². The number of amides is 1. The quantitative estimate of drug-likeness (QED) is 0.689. The molecule has 0 atom stereocenters. The number of hydrogen-bond donors (Lipinski definition) is 1. The second kappa shape index (κ2) is 3.56. The predicted molar refractivity (Wildman–Crippen MR) is 50.5 cm³/mol. The number of fused-ring (bicyclic) bond motifs is 1. The molecule has 0 saturated carbocycles. The molecule has 78 valence electrons. The summed E-state index contributed by atoms with van der Waals surface area (Å²) in [7, 11) is 0. The van der Waals surface area contributed by atoms with Crippen LogP contribution in [0, 0.1) is 0 Å². The third-order valence-electron chi connectivity index (χ3n) is 2.05. The minimum Gasteiger partial charge on any atom is -0.488 e. The van der Waals surface area contributed by atoms with Gasteiger partial charge in [-0.2, -0.15) is 0 Å². The molecule has 0 bridgehead atoms. The SMILES string of the molecule is O=Cc1cnc2c(c1)OCCN2C(=O)O. The van der Waals surface area contributed by atoms with Crippen LogP contribution in [0.2, 0.25) is 0 Å². The van der Waals surface area contributed by atoms with Crippen molar-refractivity contribution in [3.05, 3.63) is 17.8 Å². The van der Waals surface area contributed by atoms with Gasteiger partial charge in [-0.1, -0.05) is 0 Å². The van der Waals surface area contributed by atoms with Crippen LogP contribution in [0.5, 0.6) is 5.75 Å². The van der Waals surface area contributed by atoms with Crippen molar-refractivity contribution in [3.63, 3.8) is 0 Å². The van der Waals surface area contributed by atoms with Crippen LogP contribution in [0.1, 0.15) is 10.4 Å². The van der Waals surface area contributed by atoms with Gasteiger partial charge in [0.05, 0.1) is 6.54 Å². The van der Waals surface area contributed by atoms with E-state index >= 15 is 0 Å². The first-order valence-corrected chi connectivity index (χ1v) is 4.31. The fourth-order valence-corrected chi connectivity index (χ4v) is 1.36. The first-order valence-electron chi connectivity index (χ1n) is 4.31. The third-order valence-corrected chi connectivity index (χ3v) is 2.05. The van der Waals surface area contributed by atoms with Crippen LogP contribution in [0.15, 0.2) is 12.3 Å². The Balaban J connectivity index is 2.44. The monoisotopic (exact) mass is 208 g/mol. The number of nitrogens with zero attached hydrogens (tertiary/aromatic N) is 2. The van der Waals surface area contributed by atoms with Gasteiger partial charge in [-0.15, -0.1) is 0 Å². The molecule has 0 saturated heterocycles. The van der Waals surface area contributed by atoms with Crippen molar-refractivity contribution in [1.82, 2.24) is 4.98 Å². The summed E-state index contributed by atoms with van der Waals surface area (Å²) < 4.78 is 5.22. The molecule has 1 aliphatic rings. The molecule has 0 fully saturated rings. The molecule has 1 aromatic rings. The van der Waals surface area contributed by atoms with Crippen LogP contribution >= 0.6 is 0 Å². The van der Waals surface area contributed by atoms with E-state index in [1.54, 1.807) is 0 Å². The number of carbonyl (C=O) groups excluding carboxylic acids is 1. The van der Waals surface area contributed by atoms with Gasteiger partial charge in [-0.05, 0) is 6.07 Å². The number of ether oxygens (including phenoxy) is 1. The zero-order valence-corrected chi connectivity index (χ0v) is 7.71. The molecule has 1 N–H and O–H groups in total. The molecule has 15 heavy (non-hydrogen) atoms. The van der Waals surface area contributed by atoms with Crippen LogP contribution in [-0.2, 0) is 0 Å². The predicted octanol–water partition coefficient (Wildman–Crippen LogP) is 0.771. The first kappa shape index (κ1) is 9.45. The Labute approximate surface area is 85.1 Å². The van der Waals surface area contributed by atoms with E-state index in [2.05, 4.69) is 4.98 Å². The topological polar surface area (TPSA) is 79.7 Å². The molecule has 0 spiro atoms. The molecule has 0 aromatic carbocycles. The van der Waals surface area contributed by atoms with Gasteiger partial charge in [0.1, 0.15) is 6.61 Å². The molecule has 1 aliphatic heterocycles. The lowest BCUT2D eigenvalue weighted by atomic mass is 10.2. The van der Waals surface area contributed by atoms with Crippen LogP contribution in [-0.4, -0.2) is 35.6 Å². The summed E-state index contributed by atoms with van der Waals surface area (Å²) in [4.78, 5) is 26.3. The first-order chi connectivity index (χ1) is 7.22. The molecular formula is C9H8N2O4. The maximum atomic E-state index is 10.8. The second-order valence-electron chi connectivity index (χ2n) is 2.99. The minimum atomic E-state index is -1.08. The summed E-state index contributed by atoms with van der Waals surface area (Å²) in [5.41, 5.74) is 0.362. The molecule has 6 heteroatoms. The Hall–Kier alpha value is -2.11. The number of pyridine rings is 1. The van der Waals surface area contributed by atoms with Gasteiger partial charge in [0.25, 0.3) is 0 Å². The molecular weight excluding hydrogens is 200 g/mol. The lowest BCUT2D eigenvalue weighted by molar-refractivity contribution is 0.112. The van der Waals surface area contributed by atoms with E-state index in [4.69, 9.17) is 9.84 Å². The van der Waals surface area contributed by atoms with Crippen LogP contribution in [0.3, 0.4) is 0 Å². The van der Waals surface area contributed by atoms with Crippen molar-refractivity contribution in [2.75, 3.05) is 18.1 Å². The van der Waals surface area contributed by atoms with Crippen molar-refractivity contribution >= 4 is 18.2 Å². The molecule has 0 unspecified atom stereocenters. The maximum Gasteiger partial charge on any atom is 0.413 e. The van der Waals surface area contributed by atoms with E-state index < -0.39 is 6.09 Å². The summed E-state index contributed by atoms with van der Waals surface area (Å²) in [5, 5.41) is 8.87. The number of hydrogen-bond acceptors (Lipinski definition) is 4. The van der Waals surface area contributed by atoms with E-state index in [0.29, 0.717) is 17.6 Å². The van der Waals surface area contributed by atoms with E-state index in [1.165, 1.54) is 12.3 Å². The van der Waals surface area contributed by atoms with E-state index in [0.717, 1.165) is 4.90 Å². The third kappa shape index (κ3) is 1.61. The molecule has 2 heterocycles. The van der Waals surface area contributed by atoms with Crippen molar-refractivity contribution in [3.8, 4) is 5.75 Å². The Kier molecular flexibility index (Phi) is 2.24. The zero-order valence-electron chi connectivity index (χ0n) is 7.71. The smallest absolute Gasteiger partial charge is 0.413 e. The summed E-state index contributed by atoms with van der Waals surface area (Å²) in [6.45, 7) is 0.513. The van der Waals surface area contributed by atoms with Crippen LogP contribution in [0.4, 0.5) is 10.6 Å². The number of anilines is 1. The van der Waals surface area contributed by atoms with E-state index in [1.807, 2.05) is 0 Å². The highest BCUT2D eigenvalue weighted by Crippen LogP contribution is 2.29. The fraction of sp³-hybridized carbons (Fsp3) is 0.222. The number of aromatic nitrogens is 1. The molecule has 2 rings (SSSR count). The summed E-state index contributed by atoms with van der Waals surface area (Å²) in [6.07, 6.45) is 0.873. The standard InChI is InChI=1S/C9H8N2O4/c12-5-6-3-7-8(10-4-6)11(9(13)14)1-2-15-7/h3-5H,1-2H2,(H,13,14). The summed E-state index contributed by atoms with van der Waals surface area (Å²) >= 11 is 0. The Morgan fingerprint density at radius 3 is 3.13 bits per heavy atom. The van der Waals surface area contributed by atoms with Gasteiger partial charge in [-0.25, -0.2) is 9.78 Å². The number of carbonyl (C=O) groups is 2. The van der Waals surface area contributed by atoms with Gasteiger partial charge < -0.3 is 9.84 Å². The average molecular weight is 208 g/mol. The Morgan fingerprint density at radius 1 is 1.67 bits per heavy atom. The number of carboxylic acid groups (broad SMARTS) is 1. The summed E-state index contributed by atoms with van der Waals surface area (Å²) in [5.74, 6) is 0.563. The fourth-order valence-electron chi connectivity index (χ4n) is 1.36. The van der Waals surface area contributed by atoms with Crippen molar-refractivity contribution in [1.29, 1.82) is 0 Å². The normalized spacial score (nSPS) is 14.0. The summed E-state index contributed by atoms with van der Waals surface area (Å²) in [6, 6.07) is 1.48. The highest BCUT2D eigenvalue weighted by Gasteiger charge is 2.24. The Bertz CT molecular complexity index is 419. The molecule has 6 nitrogen and oxygen atoms in total. The molecule has 1 amide bonds. The lowest BCUT2D eigenvalue weighted by Gasteiger charge is -2.25. The zero-order chi connectivity index (χ0) is 10.8.